The predicted octanol–water partition coefficient (Wildman–Crippen LogP) is 3.56. The van der Waals surface area contributed by atoms with Gasteiger partial charge in [0, 0.05) is 5.56 Å². The van der Waals surface area contributed by atoms with Gasteiger partial charge in [0.05, 0.1) is 18.4 Å². The van der Waals surface area contributed by atoms with Crippen molar-refractivity contribution in [3.8, 4) is 17.3 Å². The van der Waals surface area contributed by atoms with Crippen LogP contribution in [0.5, 0.6) is 0 Å². The molecule has 0 radical (unpaired) electrons. The molecule has 5 nitrogen and oxygen atoms in total. The van der Waals surface area contributed by atoms with Gasteiger partial charge in [-0.05, 0) is 30.0 Å². The summed E-state index contributed by atoms with van der Waals surface area (Å²) in [6.07, 6.45) is 3.70. The zero-order valence-corrected chi connectivity index (χ0v) is 13.6. The molecule has 0 spiro atoms. The number of methoxy groups -OCH3 is 1. The standard InChI is InChI=1S/C17H15N3O2S/c1-22-16(21)13-7-5-6-12(10-13)14-8-3-4-9-15(14)20-17(23-2)19-11-18/h3-10H,1-2H3,(H,19,20). The zero-order valence-electron chi connectivity index (χ0n) is 12.7. The summed E-state index contributed by atoms with van der Waals surface area (Å²) >= 11 is 1.35. The Hall–Kier alpha value is -2.78. The van der Waals surface area contributed by atoms with Crippen LogP contribution in [0.25, 0.3) is 11.1 Å². The van der Waals surface area contributed by atoms with E-state index in [1.165, 1.54) is 18.9 Å². The van der Waals surface area contributed by atoms with Gasteiger partial charge in [-0.3, -0.25) is 5.32 Å². The normalized spacial score (nSPS) is 10.7. The largest absolute Gasteiger partial charge is 0.465 e. The smallest absolute Gasteiger partial charge is 0.337 e. The maximum Gasteiger partial charge on any atom is 0.337 e. The Morgan fingerprint density at radius 3 is 2.74 bits per heavy atom. The van der Waals surface area contributed by atoms with Crippen molar-refractivity contribution < 1.29 is 9.53 Å². The first-order valence-corrected chi connectivity index (χ1v) is 7.97. The molecule has 2 rings (SSSR count). The molecule has 116 valence electrons. The van der Waals surface area contributed by atoms with Gasteiger partial charge in [-0.15, -0.1) is 0 Å². The van der Waals surface area contributed by atoms with Crippen LogP contribution < -0.4 is 5.32 Å². The number of para-hydroxylation sites is 1. The maximum atomic E-state index is 11.7. The van der Waals surface area contributed by atoms with Crippen molar-refractivity contribution in [3.63, 3.8) is 0 Å². The minimum Gasteiger partial charge on any atom is -0.465 e. The van der Waals surface area contributed by atoms with Crippen LogP contribution in [0.4, 0.5) is 5.69 Å². The van der Waals surface area contributed by atoms with Crippen molar-refractivity contribution in [2.45, 2.75) is 0 Å². The summed E-state index contributed by atoms with van der Waals surface area (Å²) in [6, 6.07) is 14.7. The molecule has 0 bridgehead atoms. The number of benzene rings is 2. The number of amidine groups is 1. The van der Waals surface area contributed by atoms with Gasteiger partial charge in [-0.1, -0.05) is 42.1 Å². The monoisotopic (exact) mass is 325 g/mol. The van der Waals surface area contributed by atoms with E-state index in [2.05, 4.69) is 10.3 Å². The number of nitrogens with one attached hydrogen (secondary N) is 1. The summed E-state index contributed by atoms with van der Waals surface area (Å²) in [5.74, 6) is -0.385. The van der Waals surface area contributed by atoms with E-state index < -0.39 is 0 Å². The fraction of sp³-hybridized carbons (Fsp3) is 0.118. The van der Waals surface area contributed by atoms with Crippen LogP contribution in [0.15, 0.2) is 53.5 Å². The Labute approximate surface area is 139 Å². The molecule has 0 amide bonds. The van der Waals surface area contributed by atoms with Crippen molar-refractivity contribution in [1.29, 1.82) is 5.26 Å². The molecular weight excluding hydrogens is 310 g/mol. The second-order valence-corrected chi connectivity index (χ2v) is 5.24. The fourth-order valence-electron chi connectivity index (χ4n) is 2.03. The molecule has 0 unspecified atom stereocenters. The van der Waals surface area contributed by atoms with E-state index in [1.807, 2.05) is 42.8 Å². The van der Waals surface area contributed by atoms with Gasteiger partial charge in [-0.2, -0.15) is 5.26 Å². The Morgan fingerprint density at radius 2 is 2.04 bits per heavy atom. The van der Waals surface area contributed by atoms with Crippen molar-refractivity contribution >= 4 is 28.6 Å². The Balaban J connectivity index is 2.49. The molecule has 23 heavy (non-hydrogen) atoms. The highest BCUT2D eigenvalue weighted by Gasteiger charge is 2.09. The van der Waals surface area contributed by atoms with E-state index in [4.69, 9.17) is 10.00 Å². The van der Waals surface area contributed by atoms with Crippen LogP contribution >= 0.6 is 11.8 Å². The van der Waals surface area contributed by atoms with Gasteiger partial charge in [0.15, 0.2) is 11.4 Å². The van der Waals surface area contributed by atoms with E-state index in [1.54, 1.807) is 18.2 Å². The quantitative estimate of drug-likeness (QED) is 0.307. The highest BCUT2D eigenvalue weighted by atomic mass is 32.2. The predicted molar refractivity (Wildman–Crippen MR) is 92.6 cm³/mol. The highest BCUT2D eigenvalue weighted by Crippen LogP contribution is 2.31. The Kier molecular flexibility index (Phi) is 5.78. The SMILES string of the molecule is COC(=O)c1cccc(-c2ccccc2N=C(NC#N)SC)c1. The van der Waals surface area contributed by atoms with E-state index in [-0.39, 0.29) is 5.97 Å². The molecule has 2 aromatic carbocycles. The van der Waals surface area contributed by atoms with Crippen LogP contribution in [-0.4, -0.2) is 24.5 Å². The van der Waals surface area contributed by atoms with Crippen molar-refractivity contribution in [2.75, 3.05) is 13.4 Å². The highest BCUT2D eigenvalue weighted by molar-refractivity contribution is 8.13. The van der Waals surface area contributed by atoms with Crippen molar-refractivity contribution in [2.24, 2.45) is 4.99 Å². The van der Waals surface area contributed by atoms with Crippen LogP contribution in [0.2, 0.25) is 0 Å². The summed E-state index contributed by atoms with van der Waals surface area (Å²) in [5, 5.41) is 11.8. The summed E-state index contributed by atoms with van der Waals surface area (Å²) < 4.78 is 4.76. The van der Waals surface area contributed by atoms with Crippen molar-refractivity contribution in [1.82, 2.24) is 5.32 Å². The minimum atomic E-state index is -0.385. The third-order valence-electron chi connectivity index (χ3n) is 3.08. The number of hydrogen-bond acceptors (Lipinski definition) is 5. The average molecular weight is 325 g/mol. The molecule has 0 aliphatic heterocycles. The number of carbonyl (C=O) groups is 1. The number of nitrogens with zero attached hydrogens (tertiary/aromatic N) is 2. The van der Waals surface area contributed by atoms with E-state index in [0.717, 1.165) is 11.1 Å². The first-order chi connectivity index (χ1) is 11.2. The maximum absolute atomic E-state index is 11.7. The first-order valence-electron chi connectivity index (χ1n) is 6.75. The van der Waals surface area contributed by atoms with Gasteiger partial charge in [0.1, 0.15) is 0 Å². The lowest BCUT2D eigenvalue weighted by atomic mass is 10.0. The number of nitriles is 1. The summed E-state index contributed by atoms with van der Waals surface area (Å²) in [7, 11) is 1.35. The summed E-state index contributed by atoms with van der Waals surface area (Å²) in [6.45, 7) is 0. The average Bonchev–Trinajstić information content (AvgIpc) is 2.61. The molecule has 0 fully saturated rings. The first kappa shape index (κ1) is 16.6. The van der Waals surface area contributed by atoms with E-state index >= 15 is 0 Å². The summed E-state index contributed by atoms with van der Waals surface area (Å²) in [5.41, 5.74) is 2.90. The molecule has 2 aromatic rings. The molecule has 0 saturated carbocycles. The van der Waals surface area contributed by atoms with E-state index in [9.17, 15) is 4.79 Å². The summed E-state index contributed by atoms with van der Waals surface area (Å²) in [4.78, 5) is 16.2. The molecule has 0 aliphatic carbocycles. The molecule has 0 saturated heterocycles. The Morgan fingerprint density at radius 1 is 1.26 bits per heavy atom. The molecule has 6 heteroatoms. The number of ether oxygens (including phenoxy) is 1. The second-order valence-electron chi connectivity index (χ2n) is 4.45. The third-order valence-corrected chi connectivity index (χ3v) is 3.66. The number of esters is 1. The van der Waals surface area contributed by atoms with Gasteiger partial charge < -0.3 is 4.74 Å². The lowest BCUT2D eigenvalue weighted by Crippen LogP contribution is -2.12. The second kappa shape index (κ2) is 8.01. The third kappa shape index (κ3) is 4.11. The number of hydrogen-bond donors (Lipinski definition) is 1. The Bertz CT molecular complexity index is 781. The lowest BCUT2D eigenvalue weighted by Gasteiger charge is -2.08. The van der Waals surface area contributed by atoms with Crippen LogP contribution in [-0.2, 0) is 4.74 Å². The number of aliphatic imine (C=N–C) groups is 1. The number of thioether (sulfide) groups is 1. The molecule has 1 N–H and O–H groups in total. The van der Waals surface area contributed by atoms with Crippen LogP contribution in [0.3, 0.4) is 0 Å². The number of rotatable bonds is 3. The molecular formula is C17H15N3O2S. The van der Waals surface area contributed by atoms with Crippen LogP contribution in [0.1, 0.15) is 10.4 Å². The molecule has 0 heterocycles. The van der Waals surface area contributed by atoms with E-state index in [0.29, 0.717) is 16.4 Å². The van der Waals surface area contributed by atoms with Crippen LogP contribution in [0, 0.1) is 11.5 Å². The van der Waals surface area contributed by atoms with Gasteiger partial charge in [0.25, 0.3) is 0 Å². The fourth-order valence-corrected chi connectivity index (χ4v) is 2.37. The minimum absolute atomic E-state index is 0.385. The zero-order chi connectivity index (χ0) is 16.7. The van der Waals surface area contributed by atoms with Gasteiger partial charge >= 0.3 is 5.97 Å². The van der Waals surface area contributed by atoms with Gasteiger partial charge in [0.2, 0.25) is 0 Å². The number of carbonyl (C=O) groups excluding carboxylic acids is 1. The molecule has 0 aromatic heterocycles. The molecule has 0 atom stereocenters. The molecule has 0 aliphatic rings. The van der Waals surface area contributed by atoms with Crippen molar-refractivity contribution in [3.05, 3.63) is 54.1 Å². The van der Waals surface area contributed by atoms with Gasteiger partial charge in [-0.25, -0.2) is 9.79 Å². The topological polar surface area (TPSA) is 74.5 Å². The lowest BCUT2D eigenvalue weighted by molar-refractivity contribution is 0.0601.